The molecular formula is C22H32F3N3O6S. The lowest BCUT2D eigenvalue weighted by atomic mass is 10.1. The van der Waals surface area contributed by atoms with Crippen LogP contribution in [0.25, 0.3) is 11.0 Å². The van der Waals surface area contributed by atoms with Crippen molar-refractivity contribution in [2.75, 3.05) is 37.8 Å². The van der Waals surface area contributed by atoms with Gasteiger partial charge in [0, 0.05) is 30.2 Å². The van der Waals surface area contributed by atoms with Crippen molar-refractivity contribution >= 4 is 32.8 Å². The molecule has 0 radical (unpaired) electrons. The largest absolute Gasteiger partial charge is 0.534 e. The maximum atomic E-state index is 13.1. The first-order valence-electron chi connectivity index (χ1n) is 11.5. The molecule has 1 aliphatic rings. The van der Waals surface area contributed by atoms with Crippen LogP contribution in [0.5, 0.6) is 5.88 Å². The number of rotatable bonds is 7. The van der Waals surface area contributed by atoms with Crippen LogP contribution in [-0.4, -0.2) is 62.4 Å². The third-order valence-corrected chi connectivity index (χ3v) is 6.10. The molecule has 0 saturated carbocycles. The number of aryl methyl sites for hydroxylation is 1. The van der Waals surface area contributed by atoms with Gasteiger partial charge < -0.3 is 23.1 Å². The number of ether oxygens (including phenoxy) is 2. The Bertz CT molecular complexity index is 1140. The summed E-state index contributed by atoms with van der Waals surface area (Å²) in [4.78, 5) is 18.8. The van der Waals surface area contributed by atoms with Gasteiger partial charge in [0.2, 0.25) is 0 Å². The smallest absolute Gasteiger partial charge is 0.462 e. The monoisotopic (exact) mass is 523 g/mol. The molecule has 1 saturated heterocycles. The van der Waals surface area contributed by atoms with E-state index in [-0.39, 0.29) is 24.0 Å². The van der Waals surface area contributed by atoms with Crippen molar-refractivity contribution < 1.29 is 40.0 Å². The number of esters is 1. The van der Waals surface area contributed by atoms with Crippen molar-refractivity contribution in [3.8, 4) is 5.88 Å². The third kappa shape index (κ3) is 5.83. The molecule has 3 heterocycles. The third-order valence-electron chi connectivity index (χ3n) is 5.16. The van der Waals surface area contributed by atoms with Gasteiger partial charge in [0.05, 0.1) is 25.5 Å². The summed E-state index contributed by atoms with van der Waals surface area (Å²) in [5, 5.41) is 0.488. The number of nitrogens with zero attached hydrogens (tertiary/aromatic N) is 3. The molecule has 0 bridgehead atoms. The second kappa shape index (κ2) is 11.5. The molecule has 2 aromatic heterocycles. The summed E-state index contributed by atoms with van der Waals surface area (Å²) in [6.45, 7) is 12.3. The van der Waals surface area contributed by atoms with Gasteiger partial charge in [-0.05, 0) is 33.3 Å². The number of alkyl halides is 3. The number of aromatic nitrogens is 2. The highest BCUT2D eigenvalue weighted by Gasteiger charge is 2.50. The van der Waals surface area contributed by atoms with Crippen LogP contribution in [0.2, 0.25) is 0 Å². The standard InChI is InChI=1S/C20H26F3N3O6S.C2H6/c1-5-13-11-14-16(25-7-9-30-10-8-25)15(19(27)31-6-2)18(24-17(14)26(13)12(3)4)32-33(28,29)20(21,22)23;1-2/h11-12H,5-10H2,1-4H3;1-2H3. The summed E-state index contributed by atoms with van der Waals surface area (Å²) < 4.78 is 79.9. The first kappa shape index (κ1) is 28.7. The number of pyridine rings is 1. The van der Waals surface area contributed by atoms with E-state index in [1.54, 1.807) is 15.5 Å². The van der Waals surface area contributed by atoms with Gasteiger partial charge in [-0.15, -0.1) is 0 Å². The lowest BCUT2D eigenvalue weighted by molar-refractivity contribution is -0.0501. The Morgan fingerprint density at radius 2 is 1.80 bits per heavy atom. The van der Waals surface area contributed by atoms with Crippen molar-refractivity contribution in [1.29, 1.82) is 0 Å². The fraction of sp³-hybridized carbons (Fsp3) is 0.636. The van der Waals surface area contributed by atoms with Crippen LogP contribution in [0.4, 0.5) is 18.9 Å². The molecule has 13 heteroatoms. The number of fused-ring (bicyclic) bond motifs is 1. The Morgan fingerprint density at radius 3 is 2.29 bits per heavy atom. The van der Waals surface area contributed by atoms with E-state index in [1.807, 2.05) is 34.6 Å². The molecule has 0 N–H and O–H groups in total. The maximum absolute atomic E-state index is 13.1. The Labute approximate surface area is 203 Å². The van der Waals surface area contributed by atoms with Crippen LogP contribution in [0.3, 0.4) is 0 Å². The SMILES string of the molecule is CC.CCOC(=O)c1c(OS(=O)(=O)C(F)(F)F)nc2c(cc(CC)n2C(C)C)c1N1CCOCC1. The summed E-state index contributed by atoms with van der Waals surface area (Å²) in [5.74, 6) is -2.00. The Kier molecular flexibility index (Phi) is 9.40. The molecule has 1 aliphatic heterocycles. The van der Waals surface area contributed by atoms with Gasteiger partial charge in [0.1, 0.15) is 11.2 Å². The van der Waals surface area contributed by atoms with Crippen molar-refractivity contribution in [3.63, 3.8) is 0 Å². The van der Waals surface area contributed by atoms with Crippen LogP contribution >= 0.6 is 0 Å². The van der Waals surface area contributed by atoms with Gasteiger partial charge in [0.25, 0.3) is 5.88 Å². The highest BCUT2D eigenvalue weighted by Crippen LogP contribution is 2.40. The molecule has 9 nitrogen and oxygen atoms in total. The Balaban J connectivity index is 0.00000210. The van der Waals surface area contributed by atoms with Crippen molar-refractivity contribution in [2.45, 2.75) is 59.5 Å². The lowest BCUT2D eigenvalue weighted by Crippen LogP contribution is -2.38. The lowest BCUT2D eigenvalue weighted by Gasteiger charge is -2.31. The molecule has 35 heavy (non-hydrogen) atoms. The highest BCUT2D eigenvalue weighted by molar-refractivity contribution is 7.88. The van der Waals surface area contributed by atoms with Crippen molar-refractivity contribution in [1.82, 2.24) is 9.55 Å². The second-order valence-electron chi connectivity index (χ2n) is 7.63. The predicted octanol–water partition coefficient (Wildman–Crippen LogP) is 4.45. The number of halogens is 3. The molecule has 0 unspecified atom stereocenters. The van der Waals surface area contributed by atoms with Crippen LogP contribution in [0.15, 0.2) is 6.07 Å². The molecule has 0 spiro atoms. The van der Waals surface area contributed by atoms with Crippen molar-refractivity contribution in [2.24, 2.45) is 0 Å². The maximum Gasteiger partial charge on any atom is 0.534 e. The predicted molar refractivity (Wildman–Crippen MR) is 125 cm³/mol. The molecule has 1 fully saturated rings. The zero-order chi connectivity index (χ0) is 26.6. The molecule has 0 aromatic carbocycles. The fourth-order valence-electron chi connectivity index (χ4n) is 3.81. The molecule has 2 aromatic rings. The van der Waals surface area contributed by atoms with Gasteiger partial charge in [-0.3, -0.25) is 0 Å². The molecule has 0 amide bonds. The average molecular weight is 524 g/mol. The van der Waals surface area contributed by atoms with Gasteiger partial charge in [0.15, 0.2) is 0 Å². The number of hydrogen-bond acceptors (Lipinski definition) is 8. The van der Waals surface area contributed by atoms with E-state index in [4.69, 9.17) is 9.47 Å². The van der Waals surface area contributed by atoms with E-state index in [2.05, 4.69) is 9.17 Å². The number of carbonyl (C=O) groups is 1. The number of anilines is 1. The van der Waals surface area contributed by atoms with Crippen LogP contribution in [-0.2, 0) is 26.0 Å². The molecule has 3 rings (SSSR count). The van der Waals surface area contributed by atoms with E-state index in [0.29, 0.717) is 38.1 Å². The number of carbonyl (C=O) groups excluding carboxylic acids is 1. The first-order valence-corrected chi connectivity index (χ1v) is 12.9. The van der Waals surface area contributed by atoms with E-state index in [1.165, 1.54) is 6.92 Å². The molecule has 0 atom stereocenters. The second-order valence-corrected chi connectivity index (χ2v) is 9.17. The molecule has 198 valence electrons. The van der Waals surface area contributed by atoms with Crippen LogP contribution in [0, 0.1) is 0 Å². The zero-order valence-electron chi connectivity index (χ0n) is 20.7. The van der Waals surface area contributed by atoms with Gasteiger partial charge in [-0.1, -0.05) is 20.8 Å². The summed E-state index contributed by atoms with van der Waals surface area (Å²) in [6, 6.07) is 1.65. The van der Waals surface area contributed by atoms with E-state index in [9.17, 15) is 26.4 Å². The molecule has 0 aliphatic carbocycles. The minimum Gasteiger partial charge on any atom is -0.462 e. The summed E-state index contributed by atoms with van der Waals surface area (Å²) in [5.41, 5.74) is -4.94. The normalized spacial score (nSPS) is 14.6. The zero-order valence-corrected chi connectivity index (χ0v) is 21.5. The van der Waals surface area contributed by atoms with Gasteiger partial charge >= 0.3 is 21.6 Å². The van der Waals surface area contributed by atoms with E-state index < -0.39 is 33.0 Å². The van der Waals surface area contributed by atoms with Gasteiger partial charge in [-0.2, -0.15) is 26.6 Å². The van der Waals surface area contributed by atoms with Crippen molar-refractivity contribution in [3.05, 3.63) is 17.3 Å². The Hall–Kier alpha value is -2.54. The molecular weight excluding hydrogens is 491 g/mol. The van der Waals surface area contributed by atoms with Crippen LogP contribution < -0.4 is 9.08 Å². The quantitative estimate of drug-likeness (QED) is 0.298. The number of morpholine rings is 1. The van der Waals surface area contributed by atoms with E-state index in [0.717, 1.165) is 5.69 Å². The number of hydrogen-bond donors (Lipinski definition) is 0. The average Bonchev–Trinajstić information content (AvgIpc) is 3.17. The summed E-state index contributed by atoms with van der Waals surface area (Å²) in [6.07, 6.45) is 0.572. The fourth-order valence-corrected chi connectivity index (χ4v) is 4.23. The summed E-state index contributed by atoms with van der Waals surface area (Å²) in [7, 11) is -6.09. The first-order chi connectivity index (χ1) is 16.4. The van der Waals surface area contributed by atoms with Gasteiger partial charge in [-0.25, -0.2) is 4.79 Å². The highest BCUT2D eigenvalue weighted by atomic mass is 32.2. The van der Waals surface area contributed by atoms with E-state index >= 15 is 0 Å². The van der Waals surface area contributed by atoms with Crippen LogP contribution in [0.1, 0.15) is 63.6 Å². The Morgan fingerprint density at radius 1 is 1.20 bits per heavy atom. The minimum absolute atomic E-state index is 0.0852. The summed E-state index contributed by atoms with van der Waals surface area (Å²) >= 11 is 0. The minimum atomic E-state index is -6.09. The topological polar surface area (TPSA) is 100.0 Å².